The van der Waals surface area contributed by atoms with Crippen molar-refractivity contribution in [1.29, 1.82) is 0 Å². The van der Waals surface area contributed by atoms with Crippen LogP contribution in [-0.2, 0) is 30.2 Å². The largest absolute Gasteiger partial charge is 0.457 e. The zero-order valence-electron chi connectivity index (χ0n) is 18.9. The molecule has 7 heteroatoms. The van der Waals surface area contributed by atoms with Crippen LogP contribution in [0.5, 0.6) is 0 Å². The molecule has 1 amide bonds. The quantitative estimate of drug-likeness (QED) is 0.409. The standard InChI is InChI=1S/C23H33NO6/c1-16(25)28-19(13-14-20(26)29-22(2,3)4)18(15-17-11-9-8-10-12-17)24-21(27)30-23(5,6)7/h8-14,18-19H,15H2,1-7H3,(H,24,27)/b14-13+/t18-,19-/m1/s1. The number of benzene rings is 1. The minimum atomic E-state index is -0.900. The minimum absolute atomic E-state index is 0.358. The molecule has 1 aromatic rings. The topological polar surface area (TPSA) is 90.9 Å². The summed E-state index contributed by atoms with van der Waals surface area (Å²) in [6.07, 6.45) is 1.43. The van der Waals surface area contributed by atoms with Gasteiger partial charge in [0.15, 0.2) is 0 Å². The lowest BCUT2D eigenvalue weighted by atomic mass is 10.0. The number of alkyl carbamates (subject to hydrolysis) is 1. The molecule has 0 bridgehead atoms. The average Bonchev–Trinajstić information content (AvgIpc) is 2.55. The van der Waals surface area contributed by atoms with Crippen molar-refractivity contribution in [2.45, 2.75) is 78.2 Å². The Bertz CT molecular complexity index is 743. The van der Waals surface area contributed by atoms with Gasteiger partial charge in [-0.2, -0.15) is 0 Å². The van der Waals surface area contributed by atoms with E-state index >= 15 is 0 Å². The molecule has 0 aromatic heterocycles. The molecule has 0 unspecified atom stereocenters. The number of rotatable bonds is 7. The highest BCUT2D eigenvalue weighted by molar-refractivity contribution is 5.82. The van der Waals surface area contributed by atoms with Crippen molar-refractivity contribution in [2.75, 3.05) is 0 Å². The van der Waals surface area contributed by atoms with E-state index in [1.807, 2.05) is 30.3 Å². The molecule has 0 aliphatic carbocycles. The molecule has 0 saturated heterocycles. The summed E-state index contributed by atoms with van der Waals surface area (Å²) in [4.78, 5) is 36.1. The molecule has 7 nitrogen and oxygen atoms in total. The van der Waals surface area contributed by atoms with Crippen molar-refractivity contribution in [2.24, 2.45) is 0 Å². The zero-order valence-corrected chi connectivity index (χ0v) is 18.9. The number of esters is 2. The molecule has 30 heavy (non-hydrogen) atoms. The van der Waals surface area contributed by atoms with Gasteiger partial charge in [-0.3, -0.25) is 4.79 Å². The van der Waals surface area contributed by atoms with Gasteiger partial charge in [0, 0.05) is 13.0 Å². The Morgan fingerprint density at radius 1 is 0.967 bits per heavy atom. The second-order valence-corrected chi connectivity index (χ2v) is 8.91. The molecule has 0 saturated carbocycles. The number of carbonyl (C=O) groups excluding carboxylic acids is 3. The van der Waals surface area contributed by atoms with E-state index in [9.17, 15) is 14.4 Å². The van der Waals surface area contributed by atoms with Crippen LogP contribution in [0.1, 0.15) is 54.0 Å². The Morgan fingerprint density at radius 2 is 1.53 bits per heavy atom. The van der Waals surface area contributed by atoms with Crippen LogP contribution in [0.3, 0.4) is 0 Å². The highest BCUT2D eigenvalue weighted by atomic mass is 16.6. The van der Waals surface area contributed by atoms with E-state index < -0.39 is 41.4 Å². The molecule has 1 N–H and O–H groups in total. The fourth-order valence-corrected chi connectivity index (χ4v) is 2.53. The lowest BCUT2D eigenvalue weighted by Gasteiger charge is -2.28. The summed E-state index contributed by atoms with van der Waals surface area (Å²) in [7, 11) is 0. The molecule has 2 atom stereocenters. The maximum Gasteiger partial charge on any atom is 0.408 e. The first-order valence-electron chi connectivity index (χ1n) is 9.87. The van der Waals surface area contributed by atoms with E-state index in [-0.39, 0.29) is 0 Å². The predicted octanol–water partition coefficient (Wildman–Crippen LogP) is 3.95. The number of carbonyl (C=O) groups is 3. The highest BCUT2D eigenvalue weighted by Gasteiger charge is 2.27. The van der Waals surface area contributed by atoms with Gasteiger partial charge in [-0.25, -0.2) is 9.59 Å². The molecule has 0 heterocycles. The summed E-state index contributed by atoms with van der Waals surface area (Å²) in [5.41, 5.74) is -0.428. The third-order valence-electron chi connectivity index (χ3n) is 3.53. The molecule has 0 aliphatic heterocycles. The van der Waals surface area contributed by atoms with E-state index in [0.29, 0.717) is 6.42 Å². The molecule has 1 rings (SSSR count). The van der Waals surface area contributed by atoms with E-state index in [4.69, 9.17) is 14.2 Å². The van der Waals surface area contributed by atoms with Gasteiger partial charge in [0.2, 0.25) is 0 Å². The molecule has 0 fully saturated rings. The van der Waals surface area contributed by atoms with E-state index in [2.05, 4.69) is 5.32 Å². The summed E-state index contributed by atoms with van der Waals surface area (Å²) < 4.78 is 16.0. The molecule has 166 valence electrons. The average molecular weight is 420 g/mol. The Hall–Kier alpha value is -2.83. The summed E-state index contributed by atoms with van der Waals surface area (Å²) in [5.74, 6) is -1.12. The second-order valence-electron chi connectivity index (χ2n) is 8.91. The van der Waals surface area contributed by atoms with E-state index in [1.165, 1.54) is 19.1 Å². The van der Waals surface area contributed by atoms with Gasteiger partial charge in [-0.05, 0) is 59.6 Å². The van der Waals surface area contributed by atoms with Crippen molar-refractivity contribution in [3.63, 3.8) is 0 Å². The van der Waals surface area contributed by atoms with Gasteiger partial charge in [0.05, 0.1) is 6.04 Å². The zero-order chi connectivity index (χ0) is 22.9. The Morgan fingerprint density at radius 3 is 2.03 bits per heavy atom. The minimum Gasteiger partial charge on any atom is -0.457 e. The van der Waals surface area contributed by atoms with E-state index in [1.54, 1.807) is 41.5 Å². The number of hydrogen-bond acceptors (Lipinski definition) is 6. The highest BCUT2D eigenvalue weighted by Crippen LogP contribution is 2.14. The van der Waals surface area contributed by atoms with Gasteiger partial charge in [0.25, 0.3) is 0 Å². The first-order chi connectivity index (χ1) is 13.7. The lowest BCUT2D eigenvalue weighted by molar-refractivity contribution is -0.149. The van der Waals surface area contributed by atoms with Crippen molar-refractivity contribution in [1.82, 2.24) is 5.32 Å². The summed E-state index contributed by atoms with van der Waals surface area (Å²) in [5, 5.41) is 2.76. The van der Waals surface area contributed by atoms with Crippen molar-refractivity contribution < 1.29 is 28.6 Å². The fourth-order valence-electron chi connectivity index (χ4n) is 2.53. The molecule has 0 aliphatic rings. The van der Waals surface area contributed by atoms with Crippen LogP contribution < -0.4 is 5.32 Å². The van der Waals surface area contributed by atoms with Crippen LogP contribution in [-0.4, -0.2) is 41.4 Å². The van der Waals surface area contributed by atoms with Gasteiger partial charge in [0.1, 0.15) is 17.3 Å². The van der Waals surface area contributed by atoms with Gasteiger partial charge >= 0.3 is 18.0 Å². The predicted molar refractivity (Wildman–Crippen MR) is 114 cm³/mol. The summed E-state index contributed by atoms with van der Waals surface area (Å²) >= 11 is 0. The van der Waals surface area contributed by atoms with Crippen molar-refractivity contribution in [3.8, 4) is 0 Å². The fraction of sp³-hybridized carbons (Fsp3) is 0.522. The maximum atomic E-state index is 12.4. The molecule has 0 radical (unpaired) electrons. The Balaban J connectivity index is 3.11. The summed E-state index contributed by atoms with van der Waals surface area (Å²) in [6.45, 7) is 11.8. The summed E-state index contributed by atoms with van der Waals surface area (Å²) in [6, 6.07) is 8.75. The van der Waals surface area contributed by atoms with Crippen molar-refractivity contribution >= 4 is 18.0 Å². The monoisotopic (exact) mass is 419 g/mol. The van der Waals surface area contributed by atoms with E-state index in [0.717, 1.165) is 5.56 Å². The first kappa shape index (κ1) is 25.2. The van der Waals surface area contributed by atoms with Crippen molar-refractivity contribution in [3.05, 3.63) is 48.0 Å². The Labute approximate surface area is 178 Å². The van der Waals surface area contributed by atoms with Gasteiger partial charge in [-0.15, -0.1) is 0 Å². The smallest absolute Gasteiger partial charge is 0.408 e. The van der Waals surface area contributed by atoms with Crippen LogP contribution in [0.25, 0.3) is 0 Å². The van der Waals surface area contributed by atoms with Gasteiger partial charge in [-0.1, -0.05) is 30.3 Å². The second kappa shape index (κ2) is 10.8. The number of nitrogens with one attached hydrogen (secondary N) is 1. The van der Waals surface area contributed by atoms with Gasteiger partial charge < -0.3 is 19.5 Å². The molecule has 0 spiro atoms. The van der Waals surface area contributed by atoms with Crippen LogP contribution in [0.2, 0.25) is 0 Å². The Kier molecular flexibility index (Phi) is 9.08. The maximum absolute atomic E-state index is 12.4. The normalized spacial score (nSPS) is 14.0. The van der Waals surface area contributed by atoms with Crippen LogP contribution in [0.15, 0.2) is 42.5 Å². The number of ether oxygens (including phenoxy) is 3. The lowest BCUT2D eigenvalue weighted by Crippen LogP contribution is -2.47. The first-order valence-corrected chi connectivity index (χ1v) is 9.87. The number of hydrogen-bond donors (Lipinski definition) is 1. The molecular weight excluding hydrogens is 386 g/mol. The third kappa shape index (κ3) is 11.2. The van der Waals surface area contributed by atoms with Crippen LogP contribution >= 0.6 is 0 Å². The molecule has 1 aromatic carbocycles. The number of amides is 1. The van der Waals surface area contributed by atoms with Crippen LogP contribution in [0.4, 0.5) is 4.79 Å². The third-order valence-corrected chi connectivity index (χ3v) is 3.53. The molecular formula is C23H33NO6. The van der Waals surface area contributed by atoms with Crippen LogP contribution in [0, 0.1) is 0 Å². The SMILES string of the molecule is CC(=O)O[C@H](/C=C/C(=O)OC(C)(C)C)[C@@H](Cc1ccccc1)NC(=O)OC(C)(C)C.